The number of hydrogen-bond donors (Lipinski definition) is 2. The highest BCUT2D eigenvalue weighted by atomic mass is 35.5. The number of nitrogens with zero attached hydrogens (tertiary/aromatic N) is 3. The summed E-state index contributed by atoms with van der Waals surface area (Å²) >= 11 is 5.87. The predicted octanol–water partition coefficient (Wildman–Crippen LogP) is 4.41. The number of halogens is 1. The first-order chi connectivity index (χ1) is 13.5. The van der Waals surface area contributed by atoms with Crippen LogP contribution in [-0.4, -0.2) is 26.5 Å². The van der Waals surface area contributed by atoms with E-state index in [4.69, 9.17) is 11.6 Å². The molecule has 3 rings (SSSR count). The van der Waals surface area contributed by atoms with Gasteiger partial charge in [0.15, 0.2) is 5.82 Å². The van der Waals surface area contributed by atoms with Crippen LogP contribution in [0.5, 0.6) is 0 Å². The lowest BCUT2D eigenvalue weighted by Gasteiger charge is -2.14. The fourth-order valence-electron chi connectivity index (χ4n) is 2.63. The Balaban J connectivity index is 1.78. The molecule has 8 heteroatoms. The molecule has 2 aromatic carbocycles. The molecule has 0 radical (unpaired) electrons. The number of aromatic nitrogens is 2. The standard InChI is InChI=1S/C20H19ClN4O3/c1-2-16-11-19(22-12-18(26)13-3-7-15(21)8-4-13)24-20(23-16)14-5-9-17(10-6-14)25(27)28/h3-11,18,26H,2,12H2,1H3,(H,22,23,24). The molecule has 0 aliphatic heterocycles. The van der Waals surface area contributed by atoms with E-state index in [0.717, 1.165) is 11.3 Å². The first-order valence-electron chi connectivity index (χ1n) is 8.76. The summed E-state index contributed by atoms with van der Waals surface area (Å²) in [5, 5.41) is 24.9. The zero-order chi connectivity index (χ0) is 20.1. The van der Waals surface area contributed by atoms with Gasteiger partial charge in [-0.1, -0.05) is 30.7 Å². The van der Waals surface area contributed by atoms with Gasteiger partial charge in [-0.3, -0.25) is 10.1 Å². The monoisotopic (exact) mass is 398 g/mol. The van der Waals surface area contributed by atoms with Crippen molar-refractivity contribution in [3.63, 3.8) is 0 Å². The molecule has 0 saturated carbocycles. The minimum absolute atomic E-state index is 0.0137. The number of nitro benzene ring substituents is 1. The summed E-state index contributed by atoms with van der Waals surface area (Å²) in [6.07, 6.45) is -0.0168. The molecule has 1 unspecified atom stereocenters. The fourth-order valence-corrected chi connectivity index (χ4v) is 2.76. The van der Waals surface area contributed by atoms with Crippen LogP contribution in [0.3, 0.4) is 0 Å². The van der Waals surface area contributed by atoms with Crippen molar-refractivity contribution in [3.05, 3.63) is 81.0 Å². The Morgan fingerprint density at radius 1 is 1.14 bits per heavy atom. The highest BCUT2D eigenvalue weighted by Gasteiger charge is 2.11. The van der Waals surface area contributed by atoms with Crippen LogP contribution in [0.1, 0.15) is 24.3 Å². The van der Waals surface area contributed by atoms with E-state index in [0.29, 0.717) is 28.6 Å². The SMILES string of the molecule is CCc1cc(NCC(O)c2ccc(Cl)cc2)nc(-c2ccc([N+](=O)[O-])cc2)n1. The second-order valence-electron chi connectivity index (χ2n) is 6.17. The molecule has 2 N–H and O–H groups in total. The van der Waals surface area contributed by atoms with E-state index in [1.54, 1.807) is 36.4 Å². The molecule has 0 bridgehead atoms. The first-order valence-corrected chi connectivity index (χ1v) is 9.14. The van der Waals surface area contributed by atoms with Crippen LogP contribution in [0.2, 0.25) is 5.02 Å². The molecular weight excluding hydrogens is 380 g/mol. The summed E-state index contributed by atoms with van der Waals surface area (Å²) in [5.41, 5.74) is 2.27. The van der Waals surface area contributed by atoms with E-state index in [1.165, 1.54) is 12.1 Å². The lowest BCUT2D eigenvalue weighted by atomic mass is 10.1. The molecular formula is C20H19ClN4O3. The largest absolute Gasteiger partial charge is 0.387 e. The number of hydrogen-bond acceptors (Lipinski definition) is 6. The van der Waals surface area contributed by atoms with Crippen LogP contribution in [-0.2, 0) is 6.42 Å². The Kier molecular flexibility index (Phi) is 6.18. The molecule has 1 atom stereocenters. The van der Waals surface area contributed by atoms with Gasteiger partial charge in [0.25, 0.3) is 5.69 Å². The second kappa shape index (κ2) is 8.77. The summed E-state index contributed by atoms with van der Waals surface area (Å²) in [4.78, 5) is 19.4. The van der Waals surface area contributed by atoms with Crippen LogP contribution in [0, 0.1) is 10.1 Å². The Labute approximate surface area is 167 Å². The normalized spacial score (nSPS) is 11.8. The molecule has 1 aromatic heterocycles. The third-order valence-corrected chi connectivity index (χ3v) is 4.46. The summed E-state index contributed by atoms with van der Waals surface area (Å²) in [7, 11) is 0. The molecule has 28 heavy (non-hydrogen) atoms. The third kappa shape index (κ3) is 4.82. The van der Waals surface area contributed by atoms with Gasteiger partial charge >= 0.3 is 0 Å². The molecule has 0 spiro atoms. The van der Waals surface area contributed by atoms with Gasteiger partial charge < -0.3 is 10.4 Å². The lowest BCUT2D eigenvalue weighted by molar-refractivity contribution is -0.384. The molecule has 1 heterocycles. The number of aliphatic hydroxyl groups is 1. The molecule has 3 aromatic rings. The Hall–Kier alpha value is -3.03. The van der Waals surface area contributed by atoms with E-state index in [9.17, 15) is 15.2 Å². The molecule has 0 amide bonds. The average Bonchev–Trinajstić information content (AvgIpc) is 2.72. The smallest absolute Gasteiger partial charge is 0.269 e. The van der Waals surface area contributed by atoms with E-state index < -0.39 is 11.0 Å². The van der Waals surface area contributed by atoms with Crippen LogP contribution < -0.4 is 5.32 Å². The molecule has 144 valence electrons. The lowest BCUT2D eigenvalue weighted by Crippen LogP contribution is -2.13. The summed E-state index contributed by atoms with van der Waals surface area (Å²) in [5.74, 6) is 1.05. The summed E-state index contributed by atoms with van der Waals surface area (Å²) < 4.78 is 0. The quantitative estimate of drug-likeness (QED) is 0.451. The topological polar surface area (TPSA) is 101 Å². The predicted molar refractivity (Wildman–Crippen MR) is 108 cm³/mol. The number of benzene rings is 2. The number of aliphatic hydroxyl groups excluding tert-OH is 1. The fraction of sp³-hybridized carbons (Fsp3) is 0.200. The number of nitrogens with one attached hydrogen (secondary N) is 1. The van der Waals surface area contributed by atoms with E-state index >= 15 is 0 Å². The summed E-state index contributed by atoms with van der Waals surface area (Å²) in [6.45, 7) is 2.25. The van der Waals surface area contributed by atoms with Gasteiger partial charge in [0.1, 0.15) is 5.82 Å². The number of aryl methyl sites for hydroxylation is 1. The average molecular weight is 399 g/mol. The van der Waals surface area contributed by atoms with Crippen molar-refractivity contribution < 1.29 is 10.0 Å². The Morgan fingerprint density at radius 2 is 1.82 bits per heavy atom. The van der Waals surface area contributed by atoms with Crippen molar-refractivity contribution in [1.29, 1.82) is 0 Å². The highest BCUT2D eigenvalue weighted by Crippen LogP contribution is 2.22. The number of rotatable bonds is 7. The first kappa shape index (κ1) is 19.7. The van der Waals surface area contributed by atoms with E-state index in [2.05, 4.69) is 15.3 Å². The van der Waals surface area contributed by atoms with Gasteiger partial charge in [0, 0.05) is 41.0 Å². The van der Waals surface area contributed by atoms with Crippen LogP contribution >= 0.6 is 11.6 Å². The molecule has 0 aliphatic rings. The molecule has 0 fully saturated rings. The van der Waals surface area contributed by atoms with Crippen molar-refractivity contribution in [2.24, 2.45) is 0 Å². The van der Waals surface area contributed by atoms with Crippen LogP contribution in [0.4, 0.5) is 11.5 Å². The van der Waals surface area contributed by atoms with Gasteiger partial charge in [-0.25, -0.2) is 9.97 Å². The van der Waals surface area contributed by atoms with Gasteiger partial charge in [0.2, 0.25) is 0 Å². The van der Waals surface area contributed by atoms with E-state index in [-0.39, 0.29) is 12.2 Å². The second-order valence-corrected chi connectivity index (χ2v) is 6.61. The van der Waals surface area contributed by atoms with Crippen molar-refractivity contribution in [2.75, 3.05) is 11.9 Å². The Bertz CT molecular complexity index is 962. The number of anilines is 1. The van der Waals surface area contributed by atoms with E-state index in [1.807, 2.05) is 13.0 Å². The van der Waals surface area contributed by atoms with Crippen molar-refractivity contribution in [2.45, 2.75) is 19.4 Å². The van der Waals surface area contributed by atoms with Gasteiger partial charge in [-0.2, -0.15) is 0 Å². The van der Waals surface area contributed by atoms with Crippen molar-refractivity contribution in [3.8, 4) is 11.4 Å². The van der Waals surface area contributed by atoms with Crippen LogP contribution in [0.25, 0.3) is 11.4 Å². The number of nitro groups is 1. The van der Waals surface area contributed by atoms with Gasteiger partial charge in [0.05, 0.1) is 11.0 Å². The minimum Gasteiger partial charge on any atom is -0.387 e. The van der Waals surface area contributed by atoms with Crippen LogP contribution in [0.15, 0.2) is 54.6 Å². The maximum absolute atomic E-state index is 10.8. The van der Waals surface area contributed by atoms with Crippen molar-refractivity contribution in [1.82, 2.24) is 9.97 Å². The van der Waals surface area contributed by atoms with Gasteiger partial charge in [-0.05, 0) is 36.2 Å². The highest BCUT2D eigenvalue weighted by molar-refractivity contribution is 6.30. The molecule has 0 aliphatic carbocycles. The Morgan fingerprint density at radius 3 is 2.43 bits per heavy atom. The molecule has 0 saturated heterocycles. The maximum atomic E-state index is 10.8. The minimum atomic E-state index is -0.722. The molecule has 7 nitrogen and oxygen atoms in total. The summed E-state index contributed by atoms with van der Waals surface area (Å²) in [6, 6.07) is 14.9. The van der Waals surface area contributed by atoms with Crippen molar-refractivity contribution >= 4 is 23.1 Å². The third-order valence-electron chi connectivity index (χ3n) is 4.21. The zero-order valence-corrected chi connectivity index (χ0v) is 15.9. The van der Waals surface area contributed by atoms with Gasteiger partial charge in [-0.15, -0.1) is 0 Å². The number of non-ortho nitro benzene ring substituents is 1. The zero-order valence-electron chi connectivity index (χ0n) is 15.2. The maximum Gasteiger partial charge on any atom is 0.269 e.